The Bertz CT molecular complexity index is 404. The van der Waals surface area contributed by atoms with Gasteiger partial charge in [0.2, 0.25) is 0 Å². The van der Waals surface area contributed by atoms with E-state index in [0.717, 1.165) is 31.5 Å². The Morgan fingerprint density at radius 1 is 1.15 bits per heavy atom. The highest BCUT2D eigenvalue weighted by Gasteiger charge is 2.24. The molecule has 0 heterocycles. The molecule has 0 bridgehead atoms. The van der Waals surface area contributed by atoms with Gasteiger partial charge in [0.05, 0.1) is 12.7 Å². The van der Waals surface area contributed by atoms with Gasteiger partial charge in [-0.2, -0.15) is 0 Å². The second-order valence-electron chi connectivity index (χ2n) is 6.30. The molecule has 1 saturated carbocycles. The molecule has 1 fully saturated rings. The molecule has 0 saturated heterocycles. The molecule has 1 aliphatic rings. The van der Waals surface area contributed by atoms with Gasteiger partial charge in [0.15, 0.2) is 0 Å². The number of hydrogen-bond donors (Lipinski definition) is 1. The molecular formula is C18H29NO. The molecule has 3 atom stereocenters. The summed E-state index contributed by atoms with van der Waals surface area (Å²) in [6.07, 6.45) is 4.21. The molecule has 112 valence electrons. The molecule has 1 N–H and O–H groups in total. The third-order valence-corrected chi connectivity index (χ3v) is 4.61. The first-order valence-corrected chi connectivity index (χ1v) is 8.09. The lowest BCUT2D eigenvalue weighted by atomic mass is 9.80. The molecule has 3 unspecified atom stereocenters. The van der Waals surface area contributed by atoms with Crippen LogP contribution in [0.25, 0.3) is 0 Å². The molecule has 0 radical (unpaired) electrons. The van der Waals surface area contributed by atoms with Crippen LogP contribution in [0.1, 0.15) is 51.2 Å². The Labute approximate surface area is 123 Å². The molecule has 20 heavy (non-hydrogen) atoms. The highest BCUT2D eigenvalue weighted by Crippen LogP contribution is 2.31. The van der Waals surface area contributed by atoms with Crippen LogP contribution in [0.3, 0.4) is 0 Å². The van der Waals surface area contributed by atoms with Crippen molar-refractivity contribution in [2.24, 2.45) is 11.8 Å². The minimum Gasteiger partial charge on any atom is -0.374 e. The summed E-state index contributed by atoms with van der Waals surface area (Å²) in [6.45, 7) is 9.58. The summed E-state index contributed by atoms with van der Waals surface area (Å²) in [7, 11) is 0. The highest BCUT2D eigenvalue weighted by molar-refractivity contribution is 5.22. The minimum absolute atomic E-state index is 0.457. The van der Waals surface area contributed by atoms with E-state index in [2.05, 4.69) is 50.4 Å². The second-order valence-corrected chi connectivity index (χ2v) is 6.30. The molecule has 0 spiro atoms. The maximum Gasteiger partial charge on any atom is 0.0720 e. The van der Waals surface area contributed by atoms with E-state index in [1.54, 1.807) is 0 Å². The van der Waals surface area contributed by atoms with Crippen LogP contribution >= 0.6 is 0 Å². The Hall–Kier alpha value is -0.860. The van der Waals surface area contributed by atoms with Gasteiger partial charge in [-0.1, -0.05) is 45.0 Å². The third kappa shape index (κ3) is 4.60. The maximum atomic E-state index is 6.13. The maximum absolute atomic E-state index is 6.13. The summed E-state index contributed by atoms with van der Waals surface area (Å²) < 4.78 is 6.13. The molecule has 0 aliphatic heterocycles. The summed E-state index contributed by atoms with van der Waals surface area (Å²) in [4.78, 5) is 0. The largest absolute Gasteiger partial charge is 0.374 e. The molecule has 0 aromatic heterocycles. The zero-order valence-electron chi connectivity index (χ0n) is 13.2. The molecule has 2 heteroatoms. The standard InChI is InChI=1S/C18H29NO/c1-4-19-12-16-6-5-7-17(11-16)13-20-18-9-8-14(2)15(3)10-18/h5-7,11,14-15,18-19H,4,8-10,12-13H2,1-3H3. The lowest BCUT2D eigenvalue weighted by molar-refractivity contribution is -0.00747. The quantitative estimate of drug-likeness (QED) is 0.842. The normalized spacial score (nSPS) is 26.6. The predicted octanol–water partition coefficient (Wildman–Crippen LogP) is 4.14. The molecule has 2 nitrogen and oxygen atoms in total. The van der Waals surface area contributed by atoms with Gasteiger partial charge in [-0.05, 0) is 48.8 Å². The number of benzene rings is 1. The third-order valence-electron chi connectivity index (χ3n) is 4.61. The summed E-state index contributed by atoms with van der Waals surface area (Å²) in [5, 5.41) is 3.37. The van der Waals surface area contributed by atoms with E-state index in [1.165, 1.54) is 30.4 Å². The second kappa shape index (κ2) is 7.80. The van der Waals surface area contributed by atoms with Gasteiger partial charge in [0.25, 0.3) is 0 Å². The van der Waals surface area contributed by atoms with E-state index < -0.39 is 0 Å². The zero-order valence-corrected chi connectivity index (χ0v) is 13.2. The topological polar surface area (TPSA) is 21.3 Å². The summed E-state index contributed by atoms with van der Waals surface area (Å²) in [6, 6.07) is 8.75. The van der Waals surface area contributed by atoms with Gasteiger partial charge < -0.3 is 10.1 Å². The molecule has 0 amide bonds. The van der Waals surface area contributed by atoms with E-state index in [1.807, 2.05) is 0 Å². The molecule has 2 rings (SSSR count). The Morgan fingerprint density at radius 3 is 2.70 bits per heavy atom. The van der Waals surface area contributed by atoms with E-state index in [0.29, 0.717) is 6.10 Å². The van der Waals surface area contributed by atoms with Crippen molar-refractivity contribution in [1.29, 1.82) is 0 Å². The van der Waals surface area contributed by atoms with E-state index >= 15 is 0 Å². The van der Waals surface area contributed by atoms with Crippen LogP contribution in [-0.4, -0.2) is 12.6 Å². The smallest absolute Gasteiger partial charge is 0.0720 e. The van der Waals surface area contributed by atoms with E-state index in [9.17, 15) is 0 Å². The van der Waals surface area contributed by atoms with Gasteiger partial charge in [0.1, 0.15) is 0 Å². The van der Waals surface area contributed by atoms with Crippen molar-refractivity contribution in [3.8, 4) is 0 Å². The molecular weight excluding hydrogens is 246 g/mol. The molecule has 1 aromatic carbocycles. The molecule has 1 aliphatic carbocycles. The SMILES string of the molecule is CCNCc1cccc(COC2CCC(C)C(C)C2)c1. The Morgan fingerprint density at radius 2 is 1.95 bits per heavy atom. The van der Waals surface area contributed by atoms with E-state index in [4.69, 9.17) is 4.74 Å². The van der Waals surface area contributed by atoms with Gasteiger partial charge in [-0.15, -0.1) is 0 Å². The van der Waals surface area contributed by atoms with Crippen molar-refractivity contribution in [2.45, 2.75) is 59.3 Å². The Kier molecular flexibility index (Phi) is 6.06. The molecule has 1 aromatic rings. The van der Waals surface area contributed by atoms with Crippen LogP contribution < -0.4 is 5.32 Å². The van der Waals surface area contributed by atoms with Crippen molar-refractivity contribution in [3.05, 3.63) is 35.4 Å². The first-order chi connectivity index (χ1) is 9.69. The van der Waals surface area contributed by atoms with Gasteiger partial charge in [0, 0.05) is 6.54 Å². The van der Waals surface area contributed by atoms with Crippen LogP contribution in [-0.2, 0) is 17.9 Å². The average Bonchev–Trinajstić information content (AvgIpc) is 2.47. The summed E-state index contributed by atoms with van der Waals surface area (Å²) >= 11 is 0. The fourth-order valence-electron chi connectivity index (χ4n) is 2.96. The van der Waals surface area contributed by atoms with Gasteiger partial charge >= 0.3 is 0 Å². The summed E-state index contributed by atoms with van der Waals surface area (Å²) in [5.41, 5.74) is 2.64. The number of rotatable bonds is 6. The minimum atomic E-state index is 0.457. The fraction of sp³-hybridized carbons (Fsp3) is 0.667. The summed E-state index contributed by atoms with van der Waals surface area (Å²) in [5.74, 6) is 1.66. The monoisotopic (exact) mass is 275 g/mol. The zero-order chi connectivity index (χ0) is 14.4. The lowest BCUT2D eigenvalue weighted by Crippen LogP contribution is -2.26. The van der Waals surface area contributed by atoms with Gasteiger partial charge in [-0.25, -0.2) is 0 Å². The van der Waals surface area contributed by atoms with Crippen LogP contribution in [0.5, 0.6) is 0 Å². The highest BCUT2D eigenvalue weighted by atomic mass is 16.5. The average molecular weight is 275 g/mol. The van der Waals surface area contributed by atoms with Gasteiger partial charge in [-0.3, -0.25) is 0 Å². The predicted molar refractivity (Wildman–Crippen MR) is 84.6 cm³/mol. The number of nitrogens with one attached hydrogen (secondary N) is 1. The first-order valence-electron chi connectivity index (χ1n) is 8.09. The van der Waals surface area contributed by atoms with Crippen molar-refractivity contribution < 1.29 is 4.74 Å². The fourth-order valence-corrected chi connectivity index (χ4v) is 2.96. The van der Waals surface area contributed by atoms with E-state index in [-0.39, 0.29) is 0 Å². The van der Waals surface area contributed by atoms with Crippen molar-refractivity contribution in [2.75, 3.05) is 6.54 Å². The van der Waals surface area contributed by atoms with Crippen LogP contribution in [0.4, 0.5) is 0 Å². The van der Waals surface area contributed by atoms with Crippen LogP contribution in [0, 0.1) is 11.8 Å². The van der Waals surface area contributed by atoms with Crippen molar-refractivity contribution >= 4 is 0 Å². The van der Waals surface area contributed by atoms with Crippen molar-refractivity contribution in [1.82, 2.24) is 5.32 Å². The first kappa shape index (κ1) is 15.5. The lowest BCUT2D eigenvalue weighted by Gasteiger charge is -2.32. The van der Waals surface area contributed by atoms with Crippen LogP contribution in [0.15, 0.2) is 24.3 Å². The van der Waals surface area contributed by atoms with Crippen molar-refractivity contribution in [3.63, 3.8) is 0 Å². The Balaban J connectivity index is 1.81. The number of ether oxygens (including phenoxy) is 1. The number of hydrogen-bond acceptors (Lipinski definition) is 2. The van der Waals surface area contributed by atoms with Crippen LogP contribution in [0.2, 0.25) is 0 Å².